The van der Waals surface area contributed by atoms with E-state index in [-0.39, 0.29) is 19.2 Å². The van der Waals surface area contributed by atoms with Crippen LogP contribution in [0.5, 0.6) is 5.75 Å². The van der Waals surface area contributed by atoms with Gasteiger partial charge < -0.3 is 20.1 Å². The van der Waals surface area contributed by atoms with Crippen molar-refractivity contribution in [3.8, 4) is 5.75 Å². The van der Waals surface area contributed by atoms with Gasteiger partial charge in [-0.3, -0.25) is 0 Å². The van der Waals surface area contributed by atoms with Crippen LogP contribution in [0, 0.1) is 5.92 Å². The Kier molecular flexibility index (Phi) is 6.71. The van der Waals surface area contributed by atoms with Crippen LogP contribution in [0.3, 0.4) is 0 Å². The molecule has 1 fully saturated rings. The van der Waals surface area contributed by atoms with Gasteiger partial charge >= 0.3 is 6.03 Å². The molecule has 1 saturated heterocycles. The van der Waals surface area contributed by atoms with Crippen LogP contribution in [0.15, 0.2) is 24.3 Å². The molecule has 1 aromatic rings. The Labute approximate surface area is 138 Å². The highest BCUT2D eigenvalue weighted by atomic mass is 16.5. The summed E-state index contributed by atoms with van der Waals surface area (Å²) in [6.07, 6.45) is 3.24. The summed E-state index contributed by atoms with van der Waals surface area (Å²) in [5.74, 6) is 1.31. The molecular weight excluding hydrogens is 292 g/mol. The number of ether oxygens (including phenoxy) is 1. The van der Waals surface area contributed by atoms with Crippen molar-refractivity contribution in [1.29, 1.82) is 0 Å². The zero-order valence-electron chi connectivity index (χ0n) is 14.1. The standard InChI is InChI=1S/C18H28N2O3/c1-14(2)12-16-7-5-9-20(16)18(22)19-13-15-6-3-4-8-17(15)23-11-10-21/h3-4,6,8,14,16,21H,5,7,9-13H2,1-2H3,(H,19,22). The number of aliphatic hydroxyl groups excluding tert-OH is 1. The van der Waals surface area contributed by atoms with Crippen LogP contribution in [0.1, 0.15) is 38.7 Å². The number of carbonyl (C=O) groups is 1. The zero-order chi connectivity index (χ0) is 16.7. The van der Waals surface area contributed by atoms with Crippen molar-refractivity contribution < 1.29 is 14.6 Å². The normalized spacial score (nSPS) is 17.6. The summed E-state index contributed by atoms with van der Waals surface area (Å²) in [6.45, 7) is 5.91. The summed E-state index contributed by atoms with van der Waals surface area (Å²) in [6, 6.07) is 7.96. The van der Waals surface area contributed by atoms with E-state index in [2.05, 4.69) is 19.2 Å². The summed E-state index contributed by atoms with van der Waals surface area (Å²) >= 11 is 0. The Morgan fingerprint density at radius 2 is 2.22 bits per heavy atom. The second-order valence-corrected chi connectivity index (χ2v) is 6.46. The van der Waals surface area contributed by atoms with E-state index in [0.717, 1.165) is 31.4 Å². The molecule has 5 heteroatoms. The van der Waals surface area contributed by atoms with E-state index in [0.29, 0.717) is 24.3 Å². The Bertz CT molecular complexity index is 505. The minimum absolute atomic E-state index is 0.00473. The molecular formula is C18H28N2O3. The van der Waals surface area contributed by atoms with Gasteiger partial charge in [-0.2, -0.15) is 0 Å². The predicted molar refractivity (Wildman–Crippen MR) is 90.4 cm³/mol. The summed E-state index contributed by atoms with van der Waals surface area (Å²) in [4.78, 5) is 14.4. The van der Waals surface area contributed by atoms with Gasteiger partial charge in [0.1, 0.15) is 12.4 Å². The summed E-state index contributed by atoms with van der Waals surface area (Å²) < 4.78 is 5.50. The maximum Gasteiger partial charge on any atom is 0.317 e. The zero-order valence-corrected chi connectivity index (χ0v) is 14.1. The second kappa shape index (κ2) is 8.77. The highest BCUT2D eigenvalue weighted by molar-refractivity contribution is 5.75. The number of benzene rings is 1. The summed E-state index contributed by atoms with van der Waals surface area (Å²) in [7, 11) is 0. The molecule has 1 aliphatic heterocycles. The van der Waals surface area contributed by atoms with Crippen LogP contribution < -0.4 is 10.1 Å². The molecule has 2 amide bonds. The van der Waals surface area contributed by atoms with E-state index in [1.165, 1.54) is 0 Å². The molecule has 1 aromatic carbocycles. The van der Waals surface area contributed by atoms with Gasteiger partial charge in [0, 0.05) is 24.7 Å². The van der Waals surface area contributed by atoms with E-state index in [1.54, 1.807) is 0 Å². The number of aliphatic hydroxyl groups is 1. The third kappa shape index (κ3) is 5.13. The van der Waals surface area contributed by atoms with Gasteiger partial charge in [0.15, 0.2) is 0 Å². The van der Waals surface area contributed by atoms with Crippen molar-refractivity contribution in [2.75, 3.05) is 19.8 Å². The monoisotopic (exact) mass is 320 g/mol. The minimum Gasteiger partial charge on any atom is -0.491 e. The molecule has 1 aliphatic rings. The molecule has 2 N–H and O–H groups in total. The van der Waals surface area contributed by atoms with E-state index in [1.807, 2.05) is 29.2 Å². The molecule has 1 heterocycles. The largest absolute Gasteiger partial charge is 0.491 e. The first-order valence-electron chi connectivity index (χ1n) is 8.48. The number of urea groups is 1. The topological polar surface area (TPSA) is 61.8 Å². The fourth-order valence-electron chi connectivity index (χ4n) is 3.11. The van der Waals surface area contributed by atoms with Crippen LogP contribution in [-0.2, 0) is 6.54 Å². The van der Waals surface area contributed by atoms with Crippen molar-refractivity contribution in [3.63, 3.8) is 0 Å². The number of carbonyl (C=O) groups excluding carboxylic acids is 1. The fourth-order valence-corrected chi connectivity index (χ4v) is 3.11. The van der Waals surface area contributed by atoms with E-state index < -0.39 is 0 Å². The number of para-hydroxylation sites is 1. The number of amides is 2. The summed E-state index contributed by atoms with van der Waals surface area (Å²) in [5.41, 5.74) is 0.925. The van der Waals surface area contributed by atoms with Gasteiger partial charge in [0.25, 0.3) is 0 Å². The third-order valence-corrected chi connectivity index (χ3v) is 4.13. The number of hydrogen-bond donors (Lipinski definition) is 2. The Hall–Kier alpha value is -1.75. The number of likely N-dealkylation sites (tertiary alicyclic amines) is 1. The van der Waals surface area contributed by atoms with Crippen molar-refractivity contribution in [2.24, 2.45) is 5.92 Å². The van der Waals surface area contributed by atoms with E-state index in [9.17, 15) is 4.79 Å². The molecule has 1 atom stereocenters. The van der Waals surface area contributed by atoms with Crippen molar-refractivity contribution in [3.05, 3.63) is 29.8 Å². The molecule has 0 saturated carbocycles. The summed E-state index contributed by atoms with van der Waals surface area (Å²) in [5, 5.41) is 11.9. The smallest absolute Gasteiger partial charge is 0.317 e. The van der Waals surface area contributed by atoms with Crippen LogP contribution in [0.2, 0.25) is 0 Å². The molecule has 0 spiro atoms. The molecule has 2 rings (SSSR count). The fraction of sp³-hybridized carbons (Fsp3) is 0.611. The highest BCUT2D eigenvalue weighted by Gasteiger charge is 2.28. The molecule has 0 radical (unpaired) electrons. The Morgan fingerprint density at radius 1 is 1.43 bits per heavy atom. The highest BCUT2D eigenvalue weighted by Crippen LogP contribution is 2.24. The van der Waals surface area contributed by atoms with Crippen LogP contribution in [-0.4, -0.2) is 41.8 Å². The first-order chi connectivity index (χ1) is 11.1. The maximum absolute atomic E-state index is 12.5. The molecule has 5 nitrogen and oxygen atoms in total. The lowest BCUT2D eigenvalue weighted by Crippen LogP contribution is -2.43. The van der Waals surface area contributed by atoms with E-state index in [4.69, 9.17) is 9.84 Å². The molecule has 128 valence electrons. The average molecular weight is 320 g/mol. The molecule has 1 unspecified atom stereocenters. The maximum atomic E-state index is 12.5. The van der Waals surface area contributed by atoms with Gasteiger partial charge in [-0.05, 0) is 31.2 Å². The molecule has 0 bridgehead atoms. The second-order valence-electron chi connectivity index (χ2n) is 6.46. The van der Waals surface area contributed by atoms with E-state index >= 15 is 0 Å². The van der Waals surface area contributed by atoms with Gasteiger partial charge in [-0.1, -0.05) is 32.0 Å². The number of nitrogens with zero attached hydrogens (tertiary/aromatic N) is 1. The number of nitrogens with one attached hydrogen (secondary N) is 1. The van der Waals surface area contributed by atoms with Crippen molar-refractivity contribution in [2.45, 2.75) is 45.7 Å². The van der Waals surface area contributed by atoms with Gasteiger partial charge in [-0.15, -0.1) is 0 Å². The number of rotatable bonds is 7. The van der Waals surface area contributed by atoms with Crippen LogP contribution in [0.4, 0.5) is 4.79 Å². The lowest BCUT2D eigenvalue weighted by Gasteiger charge is -2.26. The Morgan fingerprint density at radius 3 is 2.96 bits per heavy atom. The third-order valence-electron chi connectivity index (χ3n) is 4.13. The molecule has 0 aromatic heterocycles. The van der Waals surface area contributed by atoms with Gasteiger partial charge in [0.2, 0.25) is 0 Å². The predicted octanol–water partition coefficient (Wildman–Crippen LogP) is 2.78. The lowest BCUT2D eigenvalue weighted by atomic mass is 10.0. The molecule has 0 aliphatic carbocycles. The lowest BCUT2D eigenvalue weighted by molar-refractivity contribution is 0.184. The first kappa shape index (κ1) is 17.6. The SMILES string of the molecule is CC(C)CC1CCCN1C(=O)NCc1ccccc1OCCO. The van der Waals surface area contributed by atoms with Crippen LogP contribution >= 0.6 is 0 Å². The number of hydrogen-bond acceptors (Lipinski definition) is 3. The van der Waals surface area contributed by atoms with Gasteiger partial charge in [-0.25, -0.2) is 4.79 Å². The first-order valence-corrected chi connectivity index (χ1v) is 8.48. The average Bonchev–Trinajstić information content (AvgIpc) is 2.98. The van der Waals surface area contributed by atoms with Crippen molar-refractivity contribution in [1.82, 2.24) is 10.2 Å². The Balaban J connectivity index is 1.91. The van der Waals surface area contributed by atoms with Gasteiger partial charge in [0.05, 0.1) is 6.61 Å². The quantitative estimate of drug-likeness (QED) is 0.812. The minimum atomic E-state index is -0.0225. The molecule has 23 heavy (non-hydrogen) atoms. The van der Waals surface area contributed by atoms with Crippen molar-refractivity contribution >= 4 is 6.03 Å². The van der Waals surface area contributed by atoms with Crippen LogP contribution in [0.25, 0.3) is 0 Å².